The minimum Gasteiger partial charge on any atom is -0.353 e. The maximum absolute atomic E-state index is 11.3. The van der Waals surface area contributed by atoms with Gasteiger partial charge in [-0.25, -0.2) is 0 Å². The summed E-state index contributed by atoms with van der Waals surface area (Å²) in [6.45, 7) is 1.43. The van der Waals surface area contributed by atoms with E-state index in [0.717, 1.165) is 25.9 Å². The van der Waals surface area contributed by atoms with E-state index in [-0.39, 0.29) is 18.2 Å². The second-order valence-corrected chi connectivity index (χ2v) is 4.33. The van der Waals surface area contributed by atoms with Crippen molar-refractivity contribution in [2.45, 2.75) is 44.4 Å². The number of likely N-dealkylation sites (N-methyl/N-ethyl adjacent to an activating group) is 1. The molecule has 0 bridgehead atoms. The summed E-state index contributed by atoms with van der Waals surface area (Å²) in [5, 5.41) is 0. The Kier molecular flexibility index (Phi) is 3.59. The average Bonchev–Trinajstić information content (AvgIpc) is 2.59. The zero-order valence-corrected chi connectivity index (χ0v) is 9.28. The molecule has 0 radical (unpaired) electrons. The van der Waals surface area contributed by atoms with Gasteiger partial charge in [0.05, 0.1) is 12.6 Å². The summed E-state index contributed by atoms with van der Waals surface area (Å²) in [5.41, 5.74) is 0. The van der Waals surface area contributed by atoms with Crippen LogP contribution in [0, 0.1) is 0 Å². The van der Waals surface area contributed by atoms with E-state index in [2.05, 4.69) is 0 Å². The lowest BCUT2D eigenvalue weighted by molar-refractivity contribution is -0.169. The van der Waals surface area contributed by atoms with Crippen molar-refractivity contribution in [1.82, 2.24) is 4.90 Å². The predicted molar refractivity (Wildman–Crippen MR) is 55.3 cm³/mol. The van der Waals surface area contributed by atoms with E-state index in [0.29, 0.717) is 13.0 Å². The number of hydrogen-bond acceptors (Lipinski definition) is 3. The molecule has 2 heterocycles. The average molecular weight is 213 g/mol. The van der Waals surface area contributed by atoms with E-state index in [4.69, 9.17) is 9.47 Å². The van der Waals surface area contributed by atoms with Gasteiger partial charge in [0.15, 0.2) is 6.29 Å². The molecule has 0 aromatic heterocycles. The number of nitrogens with zero attached hydrogens (tertiary/aromatic N) is 1. The Morgan fingerprint density at radius 2 is 2.33 bits per heavy atom. The first-order chi connectivity index (χ1) is 7.27. The molecule has 0 spiro atoms. The molecule has 2 aliphatic rings. The Morgan fingerprint density at radius 3 is 2.93 bits per heavy atom. The molecule has 2 atom stereocenters. The topological polar surface area (TPSA) is 38.8 Å². The molecule has 2 rings (SSSR count). The summed E-state index contributed by atoms with van der Waals surface area (Å²) in [7, 11) is 1.85. The van der Waals surface area contributed by atoms with Gasteiger partial charge in [0.25, 0.3) is 0 Å². The molecule has 2 saturated heterocycles. The van der Waals surface area contributed by atoms with Crippen molar-refractivity contribution in [3.05, 3.63) is 0 Å². The van der Waals surface area contributed by atoms with E-state index < -0.39 is 0 Å². The molecule has 1 amide bonds. The van der Waals surface area contributed by atoms with Crippen LogP contribution in [-0.2, 0) is 14.3 Å². The third-order valence-corrected chi connectivity index (χ3v) is 3.24. The molecule has 0 unspecified atom stereocenters. The monoisotopic (exact) mass is 213 g/mol. The summed E-state index contributed by atoms with van der Waals surface area (Å²) < 4.78 is 11.1. The zero-order chi connectivity index (χ0) is 10.7. The first-order valence-corrected chi connectivity index (χ1v) is 5.76. The number of ether oxygens (including phenoxy) is 2. The van der Waals surface area contributed by atoms with Crippen molar-refractivity contribution in [1.29, 1.82) is 0 Å². The van der Waals surface area contributed by atoms with Gasteiger partial charge in [0.2, 0.25) is 5.91 Å². The molecule has 0 N–H and O–H groups in total. The van der Waals surface area contributed by atoms with Gasteiger partial charge in [-0.3, -0.25) is 4.79 Å². The van der Waals surface area contributed by atoms with Gasteiger partial charge >= 0.3 is 0 Å². The van der Waals surface area contributed by atoms with Crippen LogP contribution in [0.5, 0.6) is 0 Å². The van der Waals surface area contributed by atoms with Crippen LogP contribution in [-0.4, -0.2) is 43.4 Å². The number of likely N-dealkylation sites (tertiary alicyclic amines) is 1. The van der Waals surface area contributed by atoms with Gasteiger partial charge in [-0.05, 0) is 25.7 Å². The van der Waals surface area contributed by atoms with Crippen LogP contribution in [0.2, 0.25) is 0 Å². The Labute approximate surface area is 90.5 Å². The fourth-order valence-electron chi connectivity index (χ4n) is 2.12. The van der Waals surface area contributed by atoms with Crippen molar-refractivity contribution in [3.8, 4) is 0 Å². The Balaban J connectivity index is 1.71. The summed E-state index contributed by atoms with van der Waals surface area (Å²) in [5.74, 6) is 0.230. The number of amides is 1. The fraction of sp³-hybridized carbons (Fsp3) is 0.909. The highest BCUT2D eigenvalue weighted by Crippen LogP contribution is 2.19. The zero-order valence-electron chi connectivity index (χ0n) is 9.28. The molecular weight excluding hydrogens is 194 g/mol. The van der Waals surface area contributed by atoms with E-state index in [1.807, 2.05) is 7.05 Å². The van der Waals surface area contributed by atoms with E-state index in [9.17, 15) is 4.79 Å². The first kappa shape index (κ1) is 10.9. The van der Waals surface area contributed by atoms with Crippen LogP contribution in [0.4, 0.5) is 0 Å². The van der Waals surface area contributed by atoms with Crippen LogP contribution in [0.1, 0.15) is 32.1 Å². The van der Waals surface area contributed by atoms with Gasteiger partial charge in [-0.1, -0.05) is 0 Å². The van der Waals surface area contributed by atoms with Crippen LogP contribution < -0.4 is 0 Å². The SMILES string of the molecule is CN1C(=O)CC[C@H]1CO[C@H]1CCCCO1. The van der Waals surface area contributed by atoms with Crippen molar-refractivity contribution in [3.63, 3.8) is 0 Å². The number of carbonyl (C=O) groups excluding carboxylic acids is 1. The van der Waals surface area contributed by atoms with Gasteiger partial charge < -0.3 is 14.4 Å². The van der Waals surface area contributed by atoms with E-state index >= 15 is 0 Å². The normalized spacial score (nSPS) is 32.3. The molecule has 4 nitrogen and oxygen atoms in total. The predicted octanol–water partition coefficient (Wildman–Crippen LogP) is 1.15. The van der Waals surface area contributed by atoms with Crippen molar-refractivity contribution in [2.24, 2.45) is 0 Å². The lowest BCUT2D eigenvalue weighted by Gasteiger charge is -2.26. The second kappa shape index (κ2) is 4.94. The van der Waals surface area contributed by atoms with Gasteiger partial charge in [-0.15, -0.1) is 0 Å². The number of rotatable bonds is 3. The molecule has 0 saturated carbocycles. The largest absolute Gasteiger partial charge is 0.353 e. The number of hydrogen-bond donors (Lipinski definition) is 0. The van der Waals surface area contributed by atoms with Gasteiger partial charge in [0.1, 0.15) is 0 Å². The Hall–Kier alpha value is -0.610. The lowest BCUT2D eigenvalue weighted by atomic mass is 10.2. The highest BCUT2D eigenvalue weighted by Gasteiger charge is 2.28. The van der Waals surface area contributed by atoms with Crippen molar-refractivity contribution < 1.29 is 14.3 Å². The molecule has 4 heteroatoms. The molecule has 15 heavy (non-hydrogen) atoms. The summed E-state index contributed by atoms with van der Waals surface area (Å²) in [4.78, 5) is 13.1. The smallest absolute Gasteiger partial charge is 0.222 e. The molecule has 0 aromatic rings. The summed E-state index contributed by atoms with van der Waals surface area (Å²) in [6.07, 6.45) is 4.86. The Morgan fingerprint density at radius 1 is 1.47 bits per heavy atom. The molecule has 86 valence electrons. The van der Waals surface area contributed by atoms with Crippen molar-refractivity contribution in [2.75, 3.05) is 20.3 Å². The van der Waals surface area contributed by atoms with Gasteiger partial charge in [0, 0.05) is 20.1 Å². The van der Waals surface area contributed by atoms with Crippen molar-refractivity contribution >= 4 is 5.91 Å². The maximum Gasteiger partial charge on any atom is 0.222 e. The fourth-order valence-corrected chi connectivity index (χ4v) is 2.12. The van der Waals surface area contributed by atoms with Gasteiger partial charge in [-0.2, -0.15) is 0 Å². The third-order valence-electron chi connectivity index (χ3n) is 3.24. The first-order valence-electron chi connectivity index (χ1n) is 5.76. The highest BCUT2D eigenvalue weighted by atomic mass is 16.7. The molecule has 2 fully saturated rings. The lowest BCUT2D eigenvalue weighted by Crippen LogP contribution is -2.35. The molecular formula is C11H19NO3. The van der Waals surface area contributed by atoms with E-state index in [1.54, 1.807) is 4.90 Å². The second-order valence-electron chi connectivity index (χ2n) is 4.33. The molecule has 0 aliphatic carbocycles. The maximum atomic E-state index is 11.3. The molecule has 2 aliphatic heterocycles. The Bertz CT molecular complexity index is 226. The standard InChI is InChI=1S/C11H19NO3/c1-12-9(5-6-10(12)13)8-15-11-4-2-3-7-14-11/h9,11H,2-8H2,1H3/t9-,11-/m0/s1. The summed E-state index contributed by atoms with van der Waals surface area (Å²) in [6, 6.07) is 0.253. The van der Waals surface area contributed by atoms with Crippen LogP contribution in [0.3, 0.4) is 0 Å². The van der Waals surface area contributed by atoms with Crippen LogP contribution >= 0.6 is 0 Å². The van der Waals surface area contributed by atoms with Crippen LogP contribution in [0.15, 0.2) is 0 Å². The highest BCUT2D eigenvalue weighted by molar-refractivity contribution is 5.78. The number of carbonyl (C=O) groups is 1. The van der Waals surface area contributed by atoms with Crippen LogP contribution in [0.25, 0.3) is 0 Å². The summed E-state index contributed by atoms with van der Waals surface area (Å²) >= 11 is 0. The third kappa shape index (κ3) is 2.69. The molecule has 0 aromatic carbocycles. The van der Waals surface area contributed by atoms with E-state index in [1.165, 1.54) is 6.42 Å². The minimum atomic E-state index is -0.0390. The quantitative estimate of drug-likeness (QED) is 0.706. The minimum absolute atomic E-state index is 0.0390.